The van der Waals surface area contributed by atoms with Crippen molar-refractivity contribution < 1.29 is 0 Å². The number of piperazine rings is 1. The Morgan fingerprint density at radius 3 is 3.14 bits per heavy atom. The monoisotopic (exact) mass is 188 g/mol. The number of nitrogens with zero attached hydrogens (tertiary/aromatic N) is 2. The zero-order valence-corrected chi connectivity index (χ0v) is 7.83. The smallest absolute Gasteiger partial charge is 0.145 e. The number of aromatic nitrogens is 1. The summed E-state index contributed by atoms with van der Waals surface area (Å²) in [5.41, 5.74) is 1.51. The summed E-state index contributed by atoms with van der Waals surface area (Å²) in [4.78, 5) is 4.04. The summed E-state index contributed by atoms with van der Waals surface area (Å²) >= 11 is 0. The normalized spacial score (nSPS) is 21.5. The quantitative estimate of drug-likeness (QED) is 0.660. The molecule has 1 aliphatic rings. The average Bonchev–Trinajstić information content (AvgIpc) is 2.30. The molecule has 2 heterocycles. The van der Waals surface area contributed by atoms with E-state index in [4.69, 9.17) is 5.26 Å². The fourth-order valence-corrected chi connectivity index (χ4v) is 1.67. The molecule has 0 aliphatic carbocycles. The molecular formula is C10H12N4. The molecule has 4 heteroatoms. The topological polar surface area (TPSA) is 60.7 Å². The standard InChI is InChI=1S/C10H12N4/c11-6-9-8(2-1-3-13-9)10-7-12-4-5-14-10/h1-3,10,12,14H,4-5,7H2/t10-/m0/s1. The zero-order valence-electron chi connectivity index (χ0n) is 7.83. The van der Waals surface area contributed by atoms with E-state index in [1.54, 1.807) is 6.20 Å². The van der Waals surface area contributed by atoms with Crippen LogP contribution >= 0.6 is 0 Å². The molecular weight excluding hydrogens is 176 g/mol. The van der Waals surface area contributed by atoms with Crippen LogP contribution < -0.4 is 10.6 Å². The lowest BCUT2D eigenvalue weighted by molar-refractivity contribution is 0.429. The van der Waals surface area contributed by atoms with E-state index in [-0.39, 0.29) is 6.04 Å². The number of nitrogens with one attached hydrogen (secondary N) is 2. The maximum absolute atomic E-state index is 8.89. The molecule has 1 aromatic heterocycles. The van der Waals surface area contributed by atoms with E-state index in [1.807, 2.05) is 12.1 Å². The van der Waals surface area contributed by atoms with E-state index in [0.29, 0.717) is 5.69 Å². The summed E-state index contributed by atoms with van der Waals surface area (Å²) in [6.45, 7) is 2.78. The Morgan fingerprint density at radius 2 is 2.43 bits per heavy atom. The van der Waals surface area contributed by atoms with Crippen LogP contribution in [0.3, 0.4) is 0 Å². The second-order valence-electron chi connectivity index (χ2n) is 3.26. The Morgan fingerprint density at radius 1 is 1.50 bits per heavy atom. The van der Waals surface area contributed by atoms with Crippen LogP contribution in [-0.4, -0.2) is 24.6 Å². The van der Waals surface area contributed by atoms with Crippen LogP contribution in [0.5, 0.6) is 0 Å². The molecule has 0 amide bonds. The van der Waals surface area contributed by atoms with Gasteiger partial charge in [0.1, 0.15) is 11.8 Å². The summed E-state index contributed by atoms with van der Waals surface area (Å²) in [6.07, 6.45) is 1.65. The van der Waals surface area contributed by atoms with Crippen molar-refractivity contribution in [2.24, 2.45) is 0 Å². The van der Waals surface area contributed by atoms with Gasteiger partial charge in [-0.1, -0.05) is 6.07 Å². The van der Waals surface area contributed by atoms with Crippen molar-refractivity contribution in [2.75, 3.05) is 19.6 Å². The molecule has 0 spiro atoms. The Kier molecular flexibility index (Phi) is 2.73. The molecule has 1 aliphatic heterocycles. The number of nitriles is 1. The van der Waals surface area contributed by atoms with Crippen molar-refractivity contribution >= 4 is 0 Å². The highest BCUT2D eigenvalue weighted by Gasteiger charge is 2.17. The van der Waals surface area contributed by atoms with Crippen LogP contribution in [0, 0.1) is 11.3 Å². The van der Waals surface area contributed by atoms with Gasteiger partial charge in [0.05, 0.1) is 0 Å². The van der Waals surface area contributed by atoms with Crippen LogP contribution in [0.25, 0.3) is 0 Å². The average molecular weight is 188 g/mol. The van der Waals surface area contributed by atoms with Crippen LogP contribution in [-0.2, 0) is 0 Å². The highest BCUT2D eigenvalue weighted by atomic mass is 15.1. The Labute approximate surface area is 83.0 Å². The largest absolute Gasteiger partial charge is 0.314 e. The summed E-state index contributed by atoms with van der Waals surface area (Å²) in [5, 5.41) is 15.5. The molecule has 14 heavy (non-hydrogen) atoms. The lowest BCUT2D eigenvalue weighted by Gasteiger charge is -2.24. The molecule has 0 radical (unpaired) electrons. The molecule has 0 saturated carbocycles. The van der Waals surface area contributed by atoms with Crippen LogP contribution in [0.4, 0.5) is 0 Å². The molecule has 1 aromatic rings. The molecule has 1 fully saturated rings. The summed E-state index contributed by atoms with van der Waals surface area (Å²) in [6, 6.07) is 6.15. The van der Waals surface area contributed by atoms with Crippen molar-refractivity contribution in [1.82, 2.24) is 15.6 Å². The molecule has 1 saturated heterocycles. The van der Waals surface area contributed by atoms with E-state index >= 15 is 0 Å². The molecule has 0 unspecified atom stereocenters. The SMILES string of the molecule is N#Cc1ncccc1[C@@H]1CNCCN1. The second kappa shape index (κ2) is 4.18. The van der Waals surface area contributed by atoms with Crippen LogP contribution in [0.2, 0.25) is 0 Å². The van der Waals surface area contributed by atoms with Gasteiger partial charge in [0, 0.05) is 37.4 Å². The molecule has 0 aromatic carbocycles. The molecule has 2 rings (SSSR count). The maximum atomic E-state index is 8.89. The predicted molar refractivity (Wildman–Crippen MR) is 52.6 cm³/mol. The number of rotatable bonds is 1. The maximum Gasteiger partial charge on any atom is 0.145 e. The molecule has 1 atom stereocenters. The third-order valence-corrected chi connectivity index (χ3v) is 2.36. The number of hydrogen-bond acceptors (Lipinski definition) is 4. The minimum Gasteiger partial charge on any atom is -0.314 e. The highest BCUT2D eigenvalue weighted by Crippen LogP contribution is 2.15. The fourth-order valence-electron chi connectivity index (χ4n) is 1.67. The first-order chi connectivity index (χ1) is 6.92. The van der Waals surface area contributed by atoms with Gasteiger partial charge >= 0.3 is 0 Å². The van der Waals surface area contributed by atoms with Crippen LogP contribution in [0.1, 0.15) is 17.3 Å². The lowest BCUT2D eigenvalue weighted by Crippen LogP contribution is -2.42. The first kappa shape index (κ1) is 9.13. The van der Waals surface area contributed by atoms with E-state index < -0.39 is 0 Å². The fraction of sp³-hybridized carbons (Fsp3) is 0.400. The molecule has 0 bridgehead atoms. The van der Waals surface area contributed by atoms with Gasteiger partial charge in [-0.25, -0.2) is 4.98 Å². The molecule has 72 valence electrons. The highest BCUT2D eigenvalue weighted by molar-refractivity contribution is 5.33. The van der Waals surface area contributed by atoms with Gasteiger partial charge < -0.3 is 10.6 Å². The van der Waals surface area contributed by atoms with Gasteiger partial charge in [0.15, 0.2) is 0 Å². The zero-order chi connectivity index (χ0) is 9.80. The van der Waals surface area contributed by atoms with E-state index in [9.17, 15) is 0 Å². The lowest BCUT2D eigenvalue weighted by atomic mass is 10.0. The van der Waals surface area contributed by atoms with E-state index in [0.717, 1.165) is 25.2 Å². The Bertz CT molecular complexity index is 349. The summed E-state index contributed by atoms with van der Waals surface area (Å²) in [5.74, 6) is 0. The van der Waals surface area contributed by atoms with E-state index in [2.05, 4.69) is 21.7 Å². The van der Waals surface area contributed by atoms with Crippen molar-refractivity contribution in [2.45, 2.75) is 6.04 Å². The molecule has 2 N–H and O–H groups in total. The van der Waals surface area contributed by atoms with Crippen molar-refractivity contribution in [1.29, 1.82) is 5.26 Å². The van der Waals surface area contributed by atoms with Crippen molar-refractivity contribution in [3.8, 4) is 6.07 Å². The van der Waals surface area contributed by atoms with Gasteiger partial charge in [-0.05, 0) is 6.07 Å². The van der Waals surface area contributed by atoms with Gasteiger partial charge in [-0.2, -0.15) is 5.26 Å². The first-order valence-electron chi connectivity index (χ1n) is 4.71. The van der Waals surface area contributed by atoms with Gasteiger partial charge in [-0.15, -0.1) is 0 Å². The van der Waals surface area contributed by atoms with Gasteiger partial charge in [0.2, 0.25) is 0 Å². The Hall–Kier alpha value is -1.44. The Balaban J connectivity index is 2.26. The molecule has 4 nitrogen and oxygen atoms in total. The third kappa shape index (κ3) is 1.74. The van der Waals surface area contributed by atoms with Crippen molar-refractivity contribution in [3.63, 3.8) is 0 Å². The van der Waals surface area contributed by atoms with Crippen LogP contribution in [0.15, 0.2) is 18.3 Å². The predicted octanol–water partition coefficient (Wildman–Crippen LogP) is 0.187. The third-order valence-electron chi connectivity index (χ3n) is 2.36. The van der Waals surface area contributed by atoms with Gasteiger partial charge in [0.25, 0.3) is 0 Å². The minimum absolute atomic E-state index is 0.215. The first-order valence-corrected chi connectivity index (χ1v) is 4.71. The number of pyridine rings is 1. The second-order valence-corrected chi connectivity index (χ2v) is 3.26. The van der Waals surface area contributed by atoms with E-state index in [1.165, 1.54) is 0 Å². The van der Waals surface area contributed by atoms with Crippen molar-refractivity contribution in [3.05, 3.63) is 29.6 Å². The number of hydrogen-bond donors (Lipinski definition) is 2. The summed E-state index contributed by atoms with van der Waals surface area (Å²) < 4.78 is 0. The minimum atomic E-state index is 0.215. The summed E-state index contributed by atoms with van der Waals surface area (Å²) in [7, 11) is 0. The van der Waals surface area contributed by atoms with Gasteiger partial charge in [-0.3, -0.25) is 0 Å².